The minimum Gasteiger partial charge on any atom is -0.261 e. The van der Waals surface area contributed by atoms with E-state index < -0.39 is 0 Å². The van der Waals surface area contributed by atoms with Crippen LogP contribution in [-0.2, 0) is 0 Å². The lowest BCUT2D eigenvalue weighted by atomic mass is 10.2. The Hall–Kier alpha value is -1.95. The maximum atomic E-state index is 5.92. The maximum absolute atomic E-state index is 5.92. The molecule has 6 nitrogen and oxygen atoms in total. The second-order valence-electron chi connectivity index (χ2n) is 4.16. The van der Waals surface area contributed by atoms with Crippen LogP contribution in [-0.4, -0.2) is 29.9 Å². The fraction of sp³-hybridized carbons (Fsp3) is 0.273. The number of rotatable bonds is 1. The van der Waals surface area contributed by atoms with Gasteiger partial charge in [0.1, 0.15) is 0 Å². The summed E-state index contributed by atoms with van der Waals surface area (Å²) in [6, 6.07) is 0. The number of hydrogen-bond acceptors (Lipinski definition) is 4. The van der Waals surface area contributed by atoms with Crippen molar-refractivity contribution >= 4 is 22.6 Å². The SMILES string of the molecule is Cc1nn(-c2nc(Cl)nc3[nH]ncc23)c(C)c1C. The summed E-state index contributed by atoms with van der Waals surface area (Å²) in [6.45, 7) is 6.00. The summed E-state index contributed by atoms with van der Waals surface area (Å²) >= 11 is 5.92. The van der Waals surface area contributed by atoms with E-state index in [4.69, 9.17) is 11.6 Å². The summed E-state index contributed by atoms with van der Waals surface area (Å²) in [6.07, 6.45) is 1.67. The zero-order valence-corrected chi connectivity index (χ0v) is 10.9. The van der Waals surface area contributed by atoms with Crippen LogP contribution < -0.4 is 0 Å². The highest BCUT2D eigenvalue weighted by atomic mass is 35.5. The number of nitrogens with one attached hydrogen (secondary N) is 1. The Kier molecular flexibility index (Phi) is 2.34. The van der Waals surface area contributed by atoms with Gasteiger partial charge in [0.05, 0.1) is 17.3 Å². The van der Waals surface area contributed by atoms with Gasteiger partial charge in [0.15, 0.2) is 11.5 Å². The molecule has 3 heterocycles. The Balaban J connectivity index is 2.37. The summed E-state index contributed by atoms with van der Waals surface area (Å²) in [7, 11) is 0. The first-order chi connectivity index (χ1) is 8.58. The molecule has 0 spiro atoms. The average molecular weight is 263 g/mol. The van der Waals surface area contributed by atoms with Crippen molar-refractivity contribution in [3.63, 3.8) is 0 Å². The smallest absolute Gasteiger partial charge is 0.226 e. The van der Waals surface area contributed by atoms with Gasteiger partial charge in [0.2, 0.25) is 5.28 Å². The predicted molar refractivity (Wildman–Crippen MR) is 68.0 cm³/mol. The molecule has 1 N–H and O–H groups in total. The van der Waals surface area contributed by atoms with Crippen molar-refractivity contribution in [3.8, 4) is 5.82 Å². The zero-order chi connectivity index (χ0) is 12.9. The summed E-state index contributed by atoms with van der Waals surface area (Å²) in [5.74, 6) is 0.646. The lowest BCUT2D eigenvalue weighted by Crippen LogP contribution is -2.04. The molecule has 3 aromatic rings. The molecule has 0 saturated carbocycles. The molecule has 7 heteroatoms. The topological polar surface area (TPSA) is 72.3 Å². The number of hydrogen-bond donors (Lipinski definition) is 1. The third-order valence-corrected chi connectivity index (χ3v) is 3.29. The van der Waals surface area contributed by atoms with E-state index in [-0.39, 0.29) is 5.28 Å². The number of fused-ring (bicyclic) bond motifs is 1. The molecule has 0 saturated heterocycles. The highest BCUT2D eigenvalue weighted by Crippen LogP contribution is 2.22. The zero-order valence-electron chi connectivity index (χ0n) is 10.2. The van der Waals surface area contributed by atoms with Gasteiger partial charge in [0.25, 0.3) is 0 Å². The molecule has 0 aromatic carbocycles. The van der Waals surface area contributed by atoms with Crippen molar-refractivity contribution in [3.05, 3.63) is 28.4 Å². The van der Waals surface area contributed by atoms with Gasteiger partial charge in [-0.05, 0) is 37.9 Å². The van der Waals surface area contributed by atoms with Crippen molar-refractivity contribution in [1.82, 2.24) is 29.9 Å². The van der Waals surface area contributed by atoms with Crippen LogP contribution in [0.2, 0.25) is 5.28 Å². The molecule has 0 atom stereocenters. The number of aromatic nitrogens is 6. The Morgan fingerprint density at radius 2 is 2.00 bits per heavy atom. The number of nitrogens with zero attached hydrogens (tertiary/aromatic N) is 5. The van der Waals surface area contributed by atoms with Crippen LogP contribution in [0, 0.1) is 20.8 Å². The molecule has 3 rings (SSSR count). The minimum absolute atomic E-state index is 0.173. The first-order valence-corrected chi connectivity index (χ1v) is 5.85. The molecule has 0 bridgehead atoms. The maximum Gasteiger partial charge on any atom is 0.226 e. The normalized spacial score (nSPS) is 11.3. The van der Waals surface area contributed by atoms with E-state index in [0.717, 1.165) is 22.3 Å². The third-order valence-electron chi connectivity index (χ3n) is 3.12. The van der Waals surface area contributed by atoms with E-state index in [9.17, 15) is 0 Å². The highest BCUT2D eigenvalue weighted by Gasteiger charge is 2.15. The minimum atomic E-state index is 0.173. The van der Waals surface area contributed by atoms with Crippen molar-refractivity contribution in [2.45, 2.75) is 20.8 Å². The number of aryl methyl sites for hydroxylation is 1. The van der Waals surface area contributed by atoms with E-state index in [0.29, 0.717) is 11.5 Å². The second-order valence-corrected chi connectivity index (χ2v) is 4.49. The van der Waals surface area contributed by atoms with Gasteiger partial charge in [0, 0.05) is 5.69 Å². The van der Waals surface area contributed by atoms with Gasteiger partial charge in [-0.25, -0.2) is 4.68 Å². The molecule has 0 radical (unpaired) electrons. The lowest BCUT2D eigenvalue weighted by Gasteiger charge is -2.04. The van der Waals surface area contributed by atoms with E-state index >= 15 is 0 Å². The Morgan fingerprint density at radius 3 is 2.67 bits per heavy atom. The van der Waals surface area contributed by atoms with Crippen LogP contribution in [0.15, 0.2) is 6.20 Å². The molecule has 0 unspecified atom stereocenters. The monoisotopic (exact) mass is 262 g/mol. The van der Waals surface area contributed by atoms with Crippen LogP contribution in [0.25, 0.3) is 16.9 Å². The molecule has 0 aliphatic carbocycles. The first kappa shape index (κ1) is 11.2. The molecule has 0 amide bonds. The largest absolute Gasteiger partial charge is 0.261 e. The van der Waals surface area contributed by atoms with Crippen LogP contribution in [0.5, 0.6) is 0 Å². The molecule has 0 aliphatic heterocycles. The molecule has 0 fully saturated rings. The molecule has 18 heavy (non-hydrogen) atoms. The predicted octanol–water partition coefficient (Wildman–Crippen LogP) is 2.12. The van der Waals surface area contributed by atoms with Gasteiger partial charge in [-0.15, -0.1) is 0 Å². The highest BCUT2D eigenvalue weighted by molar-refractivity contribution is 6.28. The lowest BCUT2D eigenvalue weighted by molar-refractivity contribution is 0.810. The van der Waals surface area contributed by atoms with E-state index in [1.165, 1.54) is 0 Å². The van der Waals surface area contributed by atoms with Crippen LogP contribution in [0.1, 0.15) is 17.0 Å². The van der Waals surface area contributed by atoms with Crippen LogP contribution in [0.4, 0.5) is 0 Å². The van der Waals surface area contributed by atoms with Gasteiger partial charge in [-0.3, -0.25) is 5.10 Å². The number of halogens is 1. The van der Waals surface area contributed by atoms with E-state index in [1.54, 1.807) is 10.9 Å². The second kappa shape index (κ2) is 3.78. The third kappa shape index (κ3) is 1.49. The van der Waals surface area contributed by atoms with Crippen molar-refractivity contribution in [1.29, 1.82) is 0 Å². The van der Waals surface area contributed by atoms with Crippen molar-refractivity contribution in [2.24, 2.45) is 0 Å². The summed E-state index contributed by atoms with van der Waals surface area (Å²) in [4.78, 5) is 8.33. The molecule has 92 valence electrons. The van der Waals surface area contributed by atoms with E-state index in [2.05, 4.69) is 25.3 Å². The fourth-order valence-electron chi connectivity index (χ4n) is 1.88. The molecule has 0 aliphatic rings. The average Bonchev–Trinajstić information content (AvgIpc) is 2.88. The van der Waals surface area contributed by atoms with Gasteiger partial charge in [-0.1, -0.05) is 0 Å². The van der Waals surface area contributed by atoms with Crippen LogP contribution >= 0.6 is 11.6 Å². The summed E-state index contributed by atoms with van der Waals surface area (Å²) in [5, 5.41) is 12.2. The number of H-pyrrole nitrogens is 1. The van der Waals surface area contributed by atoms with Gasteiger partial charge < -0.3 is 0 Å². The standard InChI is InChI=1S/C11H11ClN6/c1-5-6(2)17-18(7(5)3)10-8-4-13-16-9(8)14-11(12)15-10/h4H,1-3H3,(H,13,14,15,16). The van der Waals surface area contributed by atoms with E-state index in [1.807, 2.05) is 20.8 Å². The summed E-state index contributed by atoms with van der Waals surface area (Å²) < 4.78 is 1.77. The van der Waals surface area contributed by atoms with Gasteiger partial charge in [-0.2, -0.15) is 20.2 Å². The molecular weight excluding hydrogens is 252 g/mol. The molecule has 3 aromatic heterocycles. The fourth-order valence-corrected chi connectivity index (χ4v) is 2.05. The Labute approximate surface area is 108 Å². The van der Waals surface area contributed by atoms with Crippen LogP contribution in [0.3, 0.4) is 0 Å². The summed E-state index contributed by atoms with van der Waals surface area (Å²) in [5.41, 5.74) is 3.75. The first-order valence-electron chi connectivity index (χ1n) is 5.47. The van der Waals surface area contributed by atoms with Gasteiger partial charge >= 0.3 is 0 Å². The number of aromatic amines is 1. The van der Waals surface area contributed by atoms with Crippen molar-refractivity contribution < 1.29 is 0 Å². The van der Waals surface area contributed by atoms with Crippen molar-refractivity contribution in [2.75, 3.05) is 0 Å². The molecular formula is C11H11ClN6. The Bertz CT molecular complexity index is 741. The Morgan fingerprint density at radius 1 is 1.22 bits per heavy atom. The quantitative estimate of drug-likeness (QED) is 0.682.